The third-order valence-corrected chi connectivity index (χ3v) is 5.11. The van der Waals surface area contributed by atoms with Gasteiger partial charge in [0.05, 0.1) is 11.6 Å². The fraction of sp³-hybridized carbons (Fsp3) is 0.238. The molecule has 0 bridgehead atoms. The first-order valence-electron chi connectivity index (χ1n) is 9.15. The van der Waals surface area contributed by atoms with Crippen molar-refractivity contribution >= 4 is 17.5 Å². The molecular formula is C21H21N5O2. The van der Waals surface area contributed by atoms with Crippen molar-refractivity contribution in [1.29, 1.82) is 0 Å². The average Bonchev–Trinajstić information content (AvgIpc) is 3.33. The molecule has 7 nitrogen and oxygen atoms in total. The van der Waals surface area contributed by atoms with Crippen molar-refractivity contribution in [1.82, 2.24) is 20.1 Å². The molecule has 1 aromatic heterocycles. The number of carbonyl (C=O) groups excluding carboxylic acids is 2. The van der Waals surface area contributed by atoms with Gasteiger partial charge in [0.2, 0.25) is 11.8 Å². The van der Waals surface area contributed by atoms with E-state index in [0.29, 0.717) is 6.54 Å². The molecule has 2 N–H and O–H groups in total. The van der Waals surface area contributed by atoms with Gasteiger partial charge < -0.3 is 10.6 Å². The minimum Gasteiger partial charge on any atom is -0.352 e. The van der Waals surface area contributed by atoms with E-state index in [1.807, 2.05) is 50.2 Å². The molecule has 0 spiro atoms. The molecule has 0 radical (unpaired) electrons. The zero-order valence-electron chi connectivity index (χ0n) is 15.8. The van der Waals surface area contributed by atoms with Crippen LogP contribution in [-0.4, -0.2) is 26.6 Å². The van der Waals surface area contributed by atoms with Gasteiger partial charge in [0.1, 0.15) is 12.7 Å². The third kappa shape index (κ3) is 3.26. The van der Waals surface area contributed by atoms with Gasteiger partial charge in [0.25, 0.3) is 0 Å². The first-order chi connectivity index (χ1) is 13.5. The standard InChI is InChI=1S/C21H21N5O2/c1-13-7-8-14(2)20-19(13)16(21(28)25-20)9-18(27)23-10-15-5-3-4-6-17(15)26-12-22-11-24-26/h3-8,11-12,16H,9-10H2,1-2H3,(H,23,27)(H,25,28). The highest BCUT2D eigenvalue weighted by molar-refractivity contribution is 6.06. The van der Waals surface area contributed by atoms with Crippen LogP contribution in [0.25, 0.3) is 5.69 Å². The van der Waals surface area contributed by atoms with Crippen LogP contribution in [0.15, 0.2) is 49.1 Å². The predicted molar refractivity (Wildman–Crippen MR) is 105 cm³/mol. The van der Waals surface area contributed by atoms with E-state index < -0.39 is 5.92 Å². The summed E-state index contributed by atoms with van der Waals surface area (Å²) in [6.45, 7) is 4.28. The van der Waals surface area contributed by atoms with Crippen molar-refractivity contribution in [2.45, 2.75) is 32.7 Å². The lowest BCUT2D eigenvalue weighted by Gasteiger charge is -2.13. The monoisotopic (exact) mass is 375 g/mol. The van der Waals surface area contributed by atoms with Crippen LogP contribution in [0, 0.1) is 13.8 Å². The van der Waals surface area contributed by atoms with E-state index in [1.54, 1.807) is 11.0 Å². The third-order valence-electron chi connectivity index (χ3n) is 5.11. The summed E-state index contributed by atoms with van der Waals surface area (Å²) in [5.41, 5.74) is 5.59. The molecule has 2 heterocycles. The summed E-state index contributed by atoms with van der Waals surface area (Å²) in [6, 6.07) is 11.7. The van der Waals surface area contributed by atoms with Crippen LogP contribution in [0.4, 0.5) is 5.69 Å². The van der Waals surface area contributed by atoms with Crippen LogP contribution in [0.2, 0.25) is 0 Å². The number of nitrogens with zero attached hydrogens (tertiary/aromatic N) is 3. The van der Waals surface area contributed by atoms with E-state index in [0.717, 1.165) is 33.6 Å². The fourth-order valence-corrected chi connectivity index (χ4v) is 3.65. The maximum atomic E-state index is 12.6. The van der Waals surface area contributed by atoms with Crippen LogP contribution < -0.4 is 10.6 Å². The smallest absolute Gasteiger partial charge is 0.232 e. The lowest BCUT2D eigenvalue weighted by molar-refractivity contribution is -0.125. The number of aryl methyl sites for hydroxylation is 2. The minimum atomic E-state index is -0.458. The molecule has 7 heteroatoms. The van der Waals surface area contributed by atoms with Crippen molar-refractivity contribution in [2.24, 2.45) is 0 Å². The second kappa shape index (κ2) is 7.26. The number of rotatable bonds is 5. The highest BCUT2D eigenvalue weighted by atomic mass is 16.2. The molecule has 0 saturated heterocycles. The predicted octanol–water partition coefficient (Wildman–Crippen LogP) is 2.63. The normalized spacial score (nSPS) is 15.2. The average molecular weight is 375 g/mol. The van der Waals surface area contributed by atoms with Gasteiger partial charge in [-0.3, -0.25) is 9.59 Å². The lowest BCUT2D eigenvalue weighted by atomic mass is 9.91. The maximum absolute atomic E-state index is 12.6. The molecular weight excluding hydrogens is 354 g/mol. The Morgan fingerprint density at radius 3 is 2.75 bits per heavy atom. The molecule has 1 aliphatic heterocycles. The van der Waals surface area contributed by atoms with Crippen molar-refractivity contribution in [2.75, 3.05) is 5.32 Å². The first kappa shape index (κ1) is 17.9. The molecule has 1 unspecified atom stereocenters. The molecule has 3 aromatic rings. The molecule has 0 aliphatic carbocycles. The number of benzene rings is 2. The Bertz CT molecular complexity index is 1040. The summed E-state index contributed by atoms with van der Waals surface area (Å²) in [5.74, 6) is -0.742. The van der Waals surface area contributed by atoms with Crippen molar-refractivity contribution in [3.8, 4) is 5.69 Å². The van der Waals surface area contributed by atoms with E-state index in [1.165, 1.54) is 6.33 Å². The van der Waals surface area contributed by atoms with Gasteiger partial charge in [-0.15, -0.1) is 0 Å². The summed E-state index contributed by atoms with van der Waals surface area (Å²) >= 11 is 0. The molecule has 0 fully saturated rings. The van der Waals surface area contributed by atoms with Gasteiger partial charge in [0, 0.05) is 18.7 Å². The van der Waals surface area contributed by atoms with E-state index >= 15 is 0 Å². The first-order valence-corrected chi connectivity index (χ1v) is 9.15. The van der Waals surface area contributed by atoms with Gasteiger partial charge >= 0.3 is 0 Å². The number of carbonyl (C=O) groups is 2. The summed E-state index contributed by atoms with van der Waals surface area (Å²) in [4.78, 5) is 29.0. The highest BCUT2D eigenvalue weighted by Gasteiger charge is 2.34. The molecule has 28 heavy (non-hydrogen) atoms. The number of hydrogen-bond acceptors (Lipinski definition) is 4. The number of anilines is 1. The molecule has 2 amide bonds. The summed E-state index contributed by atoms with van der Waals surface area (Å²) in [5, 5.41) is 10.0. The van der Waals surface area contributed by atoms with Gasteiger partial charge in [-0.1, -0.05) is 30.3 Å². The number of hydrogen-bond donors (Lipinski definition) is 2. The summed E-state index contributed by atoms with van der Waals surface area (Å²) < 4.78 is 1.66. The summed E-state index contributed by atoms with van der Waals surface area (Å²) in [7, 11) is 0. The molecule has 1 aliphatic rings. The summed E-state index contributed by atoms with van der Waals surface area (Å²) in [6.07, 6.45) is 3.20. The number of aromatic nitrogens is 3. The Kier molecular flexibility index (Phi) is 4.65. The van der Waals surface area contributed by atoms with Crippen molar-refractivity contribution < 1.29 is 9.59 Å². The fourth-order valence-electron chi connectivity index (χ4n) is 3.65. The second-order valence-corrected chi connectivity index (χ2v) is 6.98. The van der Waals surface area contributed by atoms with Crippen molar-refractivity contribution in [3.63, 3.8) is 0 Å². The molecule has 0 saturated carbocycles. The zero-order valence-corrected chi connectivity index (χ0v) is 15.8. The number of nitrogens with one attached hydrogen (secondary N) is 2. The van der Waals surface area contributed by atoms with Crippen LogP contribution in [0.5, 0.6) is 0 Å². The Labute approximate surface area is 162 Å². The number of fused-ring (bicyclic) bond motifs is 1. The van der Waals surface area contributed by atoms with Crippen LogP contribution in [-0.2, 0) is 16.1 Å². The lowest BCUT2D eigenvalue weighted by Crippen LogP contribution is -2.27. The van der Waals surface area contributed by atoms with Crippen LogP contribution in [0.3, 0.4) is 0 Å². The Balaban J connectivity index is 1.48. The Morgan fingerprint density at radius 2 is 1.96 bits per heavy atom. The van der Waals surface area contributed by atoms with Crippen LogP contribution in [0.1, 0.15) is 34.6 Å². The number of para-hydroxylation sites is 1. The SMILES string of the molecule is Cc1ccc(C)c2c1NC(=O)C2CC(=O)NCc1ccccc1-n1cncn1. The van der Waals surface area contributed by atoms with E-state index in [-0.39, 0.29) is 18.2 Å². The van der Waals surface area contributed by atoms with Gasteiger partial charge in [0.15, 0.2) is 0 Å². The Hall–Kier alpha value is -3.48. The van der Waals surface area contributed by atoms with Gasteiger partial charge in [-0.25, -0.2) is 9.67 Å². The maximum Gasteiger partial charge on any atom is 0.232 e. The van der Waals surface area contributed by atoms with E-state index in [9.17, 15) is 9.59 Å². The second-order valence-electron chi connectivity index (χ2n) is 6.98. The number of amides is 2. The van der Waals surface area contributed by atoms with Gasteiger partial charge in [-0.05, 0) is 42.2 Å². The largest absolute Gasteiger partial charge is 0.352 e. The molecule has 2 aromatic carbocycles. The van der Waals surface area contributed by atoms with Crippen LogP contribution >= 0.6 is 0 Å². The van der Waals surface area contributed by atoms with Crippen molar-refractivity contribution in [3.05, 3.63) is 71.3 Å². The topological polar surface area (TPSA) is 88.9 Å². The van der Waals surface area contributed by atoms with Gasteiger partial charge in [-0.2, -0.15) is 5.10 Å². The van der Waals surface area contributed by atoms with E-state index in [4.69, 9.17) is 0 Å². The quantitative estimate of drug-likeness (QED) is 0.717. The Morgan fingerprint density at radius 1 is 1.18 bits per heavy atom. The highest BCUT2D eigenvalue weighted by Crippen LogP contribution is 2.39. The minimum absolute atomic E-state index is 0.120. The van der Waals surface area contributed by atoms with E-state index in [2.05, 4.69) is 20.7 Å². The molecule has 142 valence electrons. The molecule has 4 rings (SSSR count). The molecule has 1 atom stereocenters. The zero-order chi connectivity index (χ0) is 19.7.